The number of rotatable bonds is 5. The Bertz CT molecular complexity index is 852. The van der Waals surface area contributed by atoms with Gasteiger partial charge in [0.05, 0.1) is 6.04 Å². The first-order chi connectivity index (χ1) is 13.1. The molecule has 1 saturated heterocycles. The number of benzene rings is 2. The van der Waals surface area contributed by atoms with Crippen molar-refractivity contribution in [1.82, 2.24) is 15.1 Å². The number of carbonyl (C=O) groups excluding carboxylic acids is 2. The largest absolute Gasteiger partial charge is 0.343 e. The van der Waals surface area contributed by atoms with Gasteiger partial charge in [0.1, 0.15) is 5.82 Å². The molecule has 6 heteroatoms. The van der Waals surface area contributed by atoms with Crippen LogP contribution in [0.15, 0.2) is 36.4 Å². The van der Waals surface area contributed by atoms with Gasteiger partial charge in [0.25, 0.3) is 0 Å². The van der Waals surface area contributed by atoms with Gasteiger partial charge in [-0.05, 0) is 60.2 Å². The SMILES string of the molecule is O=CN1CCCC(N(C(=O)NCc2ccc3cc(F)ccc3c2)C2CC2)C1. The third-order valence-electron chi connectivity index (χ3n) is 5.46. The summed E-state index contributed by atoms with van der Waals surface area (Å²) in [4.78, 5) is 27.7. The topological polar surface area (TPSA) is 52.7 Å². The van der Waals surface area contributed by atoms with Crippen LogP contribution in [-0.4, -0.2) is 47.4 Å². The van der Waals surface area contributed by atoms with E-state index < -0.39 is 0 Å². The summed E-state index contributed by atoms with van der Waals surface area (Å²) < 4.78 is 13.3. The Labute approximate surface area is 158 Å². The van der Waals surface area contributed by atoms with Gasteiger partial charge >= 0.3 is 6.03 Å². The highest BCUT2D eigenvalue weighted by Crippen LogP contribution is 2.31. The van der Waals surface area contributed by atoms with E-state index >= 15 is 0 Å². The molecule has 1 aliphatic carbocycles. The van der Waals surface area contributed by atoms with Crippen molar-refractivity contribution < 1.29 is 14.0 Å². The van der Waals surface area contributed by atoms with Crippen LogP contribution in [0.4, 0.5) is 9.18 Å². The quantitative estimate of drug-likeness (QED) is 0.823. The number of hydrogen-bond donors (Lipinski definition) is 1. The Morgan fingerprint density at radius 2 is 1.93 bits per heavy atom. The number of piperidine rings is 1. The maximum atomic E-state index is 13.3. The van der Waals surface area contributed by atoms with Crippen molar-refractivity contribution in [1.29, 1.82) is 0 Å². The number of nitrogens with zero attached hydrogens (tertiary/aromatic N) is 2. The fraction of sp³-hybridized carbons (Fsp3) is 0.429. The molecule has 1 unspecified atom stereocenters. The first-order valence-electron chi connectivity index (χ1n) is 9.58. The predicted molar refractivity (Wildman–Crippen MR) is 102 cm³/mol. The van der Waals surface area contributed by atoms with Crippen molar-refractivity contribution in [3.8, 4) is 0 Å². The Hall–Kier alpha value is -2.63. The van der Waals surface area contributed by atoms with Crippen LogP contribution >= 0.6 is 0 Å². The third kappa shape index (κ3) is 4.04. The van der Waals surface area contributed by atoms with Crippen molar-refractivity contribution >= 4 is 23.2 Å². The molecule has 27 heavy (non-hydrogen) atoms. The first-order valence-corrected chi connectivity index (χ1v) is 9.58. The van der Waals surface area contributed by atoms with Crippen LogP contribution in [0.25, 0.3) is 10.8 Å². The third-order valence-corrected chi connectivity index (χ3v) is 5.46. The number of halogens is 1. The summed E-state index contributed by atoms with van der Waals surface area (Å²) in [5.74, 6) is -0.250. The molecule has 3 amide bonds. The number of amides is 3. The van der Waals surface area contributed by atoms with Crippen LogP contribution in [-0.2, 0) is 11.3 Å². The summed E-state index contributed by atoms with van der Waals surface area (Å²) in [5, 5.41) is 4.84. The van der Waals surface area contributed by atoms with Crippen LogP contribution in [0.2, 0.25) is 0 Å². The maximum absolute atomic E-state index is 13.3. The Morgan fingerprint density at radius 1 is 1.15 bits per heavy atom. The van der Waals surface area contributed by atoms with Gasteiger partial charge in [0.15, 0.2) is 0 Å². The molecule has 1 atom stereocenters. The van der Waals surface area contributed by atoms with Gasteiger partial charge in [-0.15, -0.1) is 0 Å². The summed E-state index contributed by atoms with van der Waals surface area (Å²) in [6.45, 7) is 1.83. The van der Waals surface area contributed by atoms with E-state index in [1.165, 1.54) is 12.1 Å². The van der Waals surface area contributed by atoms with E-state index in [1.807, 2.05) is 23.1 Å². The molecule has 0 radical (unpaired) electrons. The van der Waals surface area contributed by atoms with E-state index in [4.69, 9.17) is 0 Å². The van der Waals surface area contributed by atoms with E-state index in [-0.39, 0.29) is 17.9 Å². The highest BCUT2D eigenvalue weighted by molar-refractivity contribution is 5.83. The molecule has 4 rings (SSSR count). The first kappa shape index (κ1) is 17.8. The van der Waals surface area contributed by atoms with Crippen LogP contribution in [0, 0.1) is 5.82 Å². The second-order valence-electron chi connectivity index (χ2n) is 7.52. The molecule has 2 aliphatic rings. The number of hydrogen-bond acceptors (Lipinski definition) is 2. The minimum atomic E-state index is -0.250. The van der Waals surface area contributed by atoms with Crippen molar-refractivity contribution in [3.63, 3.8) is 0 Å². The van der Waals surface area contributed by atoms with Crippen molar-refractivity contribution in [3.05, 3.63) is 47.8 Å². The Balaban J connectivity index is 1.42. The summed E-state index contributed by atoms with van der Waals surface area (Å²) in [6, 6.07) is 10.8. The number of carbonyl (C=O) groups is 2. The molecule has 1 saturated carbocycles. The van der Waals surface area contributed by atoms with Crippen LogP contribution in [0.1, 0.15) is 31.2 Å². The lowest BCUT2D eigenvalue weighted by Gasteiger charge is -2.38. The summed E-state index contributed by atoms with van der Waals surface area (Å²) in [7, 11) is 0. The van der Waals surface area contributed by atoms with Gasteiger partial charge in [0, 0.05) is 25.7 Å². The molecule has 2 aromatic carbocycles. The zero-order valence-corrected chi connectivity index (χ0v) is 15.2. The minimum Gasteiger partial charge on any atom is -0.343 e. The van der Waals surface area contributed by atoms with Crippen LogP contribution in [0.5, 0.6) is 0 Å². The average Bonchev–Trinajstić information content (AvgIpc) is 3.51. The number of urea groups is 1. The van der Waals surface area contributed by atoms with Crippen molar-refractivity contribution in [2.45, 2.75) is 44.3 Å². The monoisotopic (exact) mass is 369 g/mol. The summed E-state index contributed by atoms with van der Waals surface area (Å²) in [5.41, 5.74) is 0.983. The van der Waals surface area contributed by atoms with Gasteiger partial charge in [-0.3, -0.25) is 4.79 Å². The number of likely N-dealkylation sites (tertiary alicyclic amines) is 1. The van der Waals surface area contributed by atoms with Gasteiger partial charge in [-0.25, -0.2) is 9.18 Å². The highest BCUT2D eigenvalue weighted by Gasteiger charge is 2.38. The minimum absolute atomic E-state index is 0.0607. The molecular weight excluding hydrogens is 345 g/mol. The van der Waals surface area contributed by atoms with E-state index in [9.17, 15) is 14.0 Å². The van der Waals surface area contributed by atoms with Gasteiger partial charge in [0.2, 0.25) is 6.41 Å². The van der Waals surface area contributed by atoms with E-state index in [1.54, 1.807) is 11.0 Å². The van der Waals surface area contributed by atoms with E-state index in [0.717, 1.165) is 55.0 Å². The molecule has 5 nitrogen and oxygen atoms in total. The number of nitrogens with one attached hydrogen (secondary N) is 1. The molecule has 0 bridgehead atoms. The molecule has 2 fully saturated rings. The van der Waals surface area contributed by atoms with E-state index in [0.29, 0.717) is 19.1 Å². The fourth-order valence-corrected chi connectivity index (χ4v) is 3.93. The molecule has 0 aromatic heterocycles. The lowest BCUT2D eigenvalue weighted by Crippen LogP contribution is -2.53. The van der Waals surface area contributed by atoms with Gasteiger partial charge < -0.3 is 15.1 Å². The normalized spacial score (nSPS) is 19.7. The summed E-state index contributed by atoms with van der Waals surface area (Å²) in [6.07, 6.45) is 4.82. The predicted octanol–water partition coefficient (Wildman–Crippen LogP) is 3.27. The zero-order chi connectivity index (χ0) is 18.8. The lowest BCUT2D eigenvalue weighted by atomic mass is 10.0. The van der Waals surface area contributed by atoms with Gasteiger partial charge in [-0.2, -0.15) is 0 Å². The molecule has 142 valence electrons. The Morgan fingerprint density at radius 3 is 2.70 bits per heavy atom. The maximum Gasteiger partial charge on any atom is 0.318 e. The van der Waals surface area contributed by atoms with Crippen LogP contribution in [0.3, 0.4) is 0 Å². The smallest absolute Gasteiger partial charge is 0.318 e. The average molecular weight is 369 g/mol. The molecule has 2 aromatic rings. The Kier molecular flexibility index (Phi) is 4.97. The molecule has 1 N–H and O–H groups in total. The molecule has 0 spiro atoms. The van der Waals surface area contributed by atoms with Gasteiger partial charge in [-0.1, -0.05) is 18.2 Å². The summed E-state index contributed by atoms with van der Waals surface area (Å²) >= 11 is 0. The van der Waals surface area contributed by atoms with E-state index in [2.05, 4.69) is 5.32 Å². The fourth-order valence-electron chi connectivity index (χ4n) is 3.93. The molecule has 1 heterocycles. The van der Waals surface area contributed by atoms with Crippen molar-refractivity contribution in [2.24, 2.45) is 0 Å². The van der Waals surface area contributed by atoms with Crippen molar-refractivity contribution in [2.75, 3.05) is 13.1 Å². The van der Waals surface area contributed by atoms with Crippen LogP contribution < -0.4 is 5.32 Å². The zero-order valence-electron chi connectivity index (χ0n) is 15.2. The standard InChI is InChI=1S/C21H24FN3O2/c22-18-6-5-16-10-15(3-4-17(16)11-18)12-23-21(27)25(19-7-8-19)20-2-1-9-24(13-20)14-26/h3-6,10-11,14,19-20H,1-2,7-9,12-13H2,(H,23,27). The number of fused-ring (bicyclic) bond motifs is 1. The second-order valence-corrected chi connectivity index (χ2v) is 7.52. The molecular formula is C21H24FN3O2. The highest BCUT2D eigenvalue weighted by atomic mass is 19.1. The second kappa shape index (κ2) is 7.55. The molecule has 1 aliphatic heterocycles. The lowest BCUT2D eigenvalue weighted by molar-refractivity contribution is -0.119.